The molecule has 1 heteroatoms. The van der Waals surface area contributed by atoms with Gasteiger partial charge in [-0.1, -0.05) is 13.7 Å². The summed E-state index contributed by atoms with van der Waals surface area (Å²) in [6, 6.07) is 0. The number of aliphatic hydroxyl groups is 1. The van der Waals surface area contributed by atoms with Crippen LogP contribution in [0.4, 0.5) is 0 Å². The zero-order valence-corrected chi connectivity index (χ0v) is 2.52. The molecule has 0 radical (unpaired) electrons. The van der Waals surface area contributed by atoms with Gasteiger partial charge in [0, 0.05) is 14.8 Å². The summed E-state index contributed by atoms with van der Waals surface area (Å²) in [5.41, 5.74) is 0. The van der Waals surface area contributed by atoms with Crippen LogP contribution in [0.15, 0.2) is 0 Å². The average molecular weight is 82.2 g/mol. The first-order chi connectivity index (χ1) is 5.37. The largest absolute Gasteiger partial charge is 0.396 e. The first-order valence-electron chi connectivity index (χ1n) is 5.09. The summed E-state index contributed by atoms with van der Waals surface area (Å²) < 4.78 is 54.0. The van der Waals surface area contributed by atoms with Crippen LogP contribution < -0.4 is 0 Å². The lowest BCUT2D eigenvalue weighted by atomic mass is 10.2. The van der Waals surface area contributed by atoms with Crippen molar-refractivity contribution in [3.8, 4) is 0 Å². The molecule has 0 aliphatic rings. The molecular formula is C4H10O. The normalized spacial score (nSPS) is 41.2. The lowest BCUT2D eigenvalue weighted by Gasteiger charge is -1.90. The zero-order chi connectivity index (χ0) is 11.1. The Bertz CT molecular complexity index is 139. The van der Waals surface area contributed by atoms with Crippen LogP contribution in [0, 0.1) is 5.92 Å². The van der Waals surface area contributed by atoms with Gasteiger partial charge >= 0.3 is 0 Å². The lowest BCUT2D eigenvalue weighted by molar-refractivity contribution is 0.248. The van der Waals surface area contributed by atoms with Crippen LogP contribution >= 0.6 is 0 Å². The van der Waals surface area contributed by atoms with E-state index in [4.69, 9.17) is 16.1 Å². The van der Waals surface area contributed by atoms with E-state index in [1.165, 1.54) is 0 Å². The van der Waals surface area contributed by atoms with Crippen LogP contribution in [0.2, 0.25) is 0 Å². The van der Waals surface area contributed by atoms with Gasteiger partial charge in [0.2, 0.25) is 0 Å². The predicted molar refractivity (Wildman–Crippen MR) is 21.9 cm³/mol. The minimum absolute atomic E-state index is 2.38. The molecule has 0 spiro atoms. The second-order valence-corrected chi connectivity index (χ2v) is 0.562. The quantitative estimate of drug-likeness (QED) is 0.492. The molecule has 0 aromatic rings. The number of hydrogen-bond acceptors (Lipinski definition) is 1. The first kappa shape index (κ1) is 0.544. The van der Waals surface area contributed by atoms with Crippen molar-refractivity contribution < 1.29 is 16.1 Å². The molecule has 0 saturated heterocycles. The van der Waals surface area contributed by atoms with Crippen molar-refractivity contribution >= 4 is 0 Å². The molecule has 0 aliphatic carbocycles. The molecule has 0 heterocycles. The van der Waals surface area contributed by atoms with Crippen LogP contribution in [-0.4, -0.2) is 11.7 Å². The summed E-state index contributed by atoms with van der Waals surface area (Å²) in [6.07, 6.45) is 0. The molecule has 1 N–H and O–H groups in total. The second kappa shape index (κ2) is 2.21. The third-order valence-electron chi connectivity index (χ3n) is 0.129. The van der Waals surface area contributed by atoms with Crippen molar-refractivity contribution in [1.29, 1.82) is 0 Å². The molecule has 0 atom stereocenters. The Kier molecular flexibility index (Phi) is 0.241. The maximum Gasteiger partial charge on any atom is 0.0566 e. The molecule has 0 amide bonds. The van der Waals surface area contributed by atoms with E-state index in [1.807, 2.05) is 0 Å². The van der Waals surface area contributed by atoms with Crippen molar-refractivity contribution in [2.24, 2.45) is 5.92 Å². The maximum atomic E-state index is 8.76. The van der Waals surface area contributed by atoms with E-state index in [0.29, 0.717) is 0 Å². The Morgan fingerprint density at radius 2 is 2.80 bits per heavy atom. The molecular weight excluding hydrogens is 64.0 g/mol. The van der Waals surface area contributed by atoms with Crippen molar-refractivity contribution in [2.45, 2.75) is 13.7 Å². The zero-order valence-electron chi connectivity index (χ0n) is 10.5. The molecule has 0 unspecified atom stereocenters. The summed E-state index contributed by atoms with van der Waals surface area (Å²) in [7, 11) is 0. The topological polar surface area (TPSA) is 20.2 Å². The SMILES string of the molecule is [2H]C([2H])([2H])C(C([2H])([2H])[2H])C([2H])([2H])O. The Balaban J connectivity index is 5.02. The van der Waals surface area contributed by atoms with E-state index < -0.39 is 26.2 Å². The van der Waals surface area contributed by atoms with E-state index in [1.54, 1.807) is 0 Å². The highest BCUT2D eigenvalue weighted by atomic mass is 16.3. The van der Waals surface area contributed by atoms with Crippen molar-refractivity contribution in [1.82, 2.24) is 0 Å². The number of hydrogen-bond donors (Lipinski definition) is 1. The fraction of sp³-hybridized carbons (Fsp3) is 1.00. The van der Waals surface area contributed by atoms with Crippen LogP contribution in [0.3, 0.4) is 0 Å². The van der Waals surface area contributed by atoms with Crippen LogP contribution in [0.5, 0.6) is 0 Å². The van der Waals surface area contributed by atoms with Gasteiger partial charge in [0.15, 0.2) is 0 Å². The van der Waals surface area contributed by atoms with Gasteiger partial charge < -0.3 is 5.11 Å². The monoisotopic (exact) mass is 82.1 g/mol. The highest BCUT2D eigenvalue weighted by molar-refractivity contribution is 4.32. The highest BCUT2D eigenvalue weighted by Gasteiger charge is 1.81. The molecule has 0 fully saturated rings. The summed E-state index contributed by atoms with van der Waals surface area (Å²) in [4.78, 5) is 0. The molecule has 5 heavy (non-hydrogen) atoms. The van der Waals surface area contributed by atoms with Gasteiger partial charge in [-0.25, -0.2) is 0 Å². The Labute approximate surface area is 43.9 Å². The van der Waals surface area contributed by atoms with Gasteiger partial charge in [0.05, 0.1) is 2.74 Å². The molecule has 0 saturated carbocycles. The van der Waals surface area contributed by atoms with Gasteiger partial charge in [-0.15, -0.1) is 0 Å². The van der Waals surface area contributed by atoms with Gasteiger partial charge in [0.25, 0.3) is 0 Å². The summed E-state index contributed by atoms with van der Waals surface area (Å²) >= 11 is 0. The molecule has 0 bridgehead atoms. The fourth-order valence-corrected chi connectivity index (χ4v) is 0. The maximum absolute atomic E-state index is 8.76. The molecule has 0 aliphatic heterocycles. The summed E-state index contributed by atoms with van der Waals surface area (Å²) in [5, 5.41) is 8.76. The Morgan fingerprint density at radius 1 is 2.20 bits per heavy atom. The summed E-state index contributed by atoms with van der Waals surface area (Å²) in [5.74, 6) is -2.38. The second-order valence-electron chi connectivity index (χ2n) is 0.562. The first-order valence-corrected chi connectivity index (χ1v) is 1.09. The van der Waals surface area contributed by atoms with E-state index in [2.05, 4.69) is 0 Å². The molecule has 0 aromatic heterocycles. The molecule has 1 nitrogen and oxygen atoms in total. The standard InChI is InChI=1S/C4H10O/c1-4(2)3-5/h4-5H,3H2,1-2H3/i1D3,2D3,3D2. The average Bonchev–Trinajstić information content (AvgIpc) is 1.44. The van der Waals surface area contributed by atoms with Crippen molar-refractivity contribution in [2.75, 3.05) is 6.56 Å². The molecule has 32 valence electrons. The smallest absolute Gasteiger partial charge is 0.0566 e. The minimum atomic E-state index is -3.24. The third kappa shape index (κ3) is 3.96. The highest BCUT2D eigenvalue weighted by Crippen LogP contribution is 1.83. The molecule has 0 aromatic carbocycles. The van der Waals surface area contributed by atoms with E-state index in [9.17, 15) is 0 Å². The molecule has 0 rings (SSSR count). The van der Waals surface area contributed by atoms with E-state index in [0.717, 1.165) is 0 Å². The minimum Gasteiger partial charge on any atom is -0.396 e. The van der Waals surface area contributed by atoms with Crippen LogP contribution in [0.25, 0.3) is 0 Å². The van der Waals surface area contributed by atoms with E-state index in [-0.39, 0.29) is 0 Å². The number of rotatable bonds is 1. The van der Waals surface area contributed by atoms with Gasteiger partial charge in [-0.2, -0.15) is 0 Å². The summed E-state index contributed by atoms with van der Waals surface area (Å²) in [6.45, 7) is -9.34. The van der Waals surface area contributed by atoms with Gasteiger partial charge in [-0.3, -0.25) is 0 Å². The van der Waals surface area contributed by atoms with Gasteiger partial charge in [0.1, 0.15) is 0 Å². The van der Waals surface area contributed by atoms with E-state index >= 15 is 0 Å². The Morgan fingerprint density at radius 3 is 2.80 bits per heavy atom. The predicted octanol–water partition coefficient (Wildman–Crippen LogP) is 0.635. The van der Waals surface area contributed by atoms with Crippen molar-refractivity contribution in [3.63, 3.8) is 0 Å². The van der Waals surface area contributed by atoms with Crippen LogP contribution in [-0.2, 0) is 0 Å². The fourth-order valence-electron chi connectivity index (χ4n) is 0. The van der Waals surface area contributed by atoms with Crippen LogP contribution in [0.1, 0.15) is 24.7 Å². The van der Waals surface area contributed by atoms with Gasteiger partial charge in [-0.05, 0) is 5.92 Å². The Hall–Kier alpha value is -0.0400. The lowest BCUT2D eigenvalue weighted by Crippen LogP contribution is -1.90. The third-order valence-corrected chi connectivity index (χ3v) is 0.129. The van der Waals surface area contributed by atoms with Crippen molar-refractivity contribution in [3.05, 3.63) is 0 Å².